The first-order valence-corrected chi connectivity index (χ1v) is 21.8. The molecule has 0 aliphatic heterocycles. The molecular weight excluding hydrogens is 791 g/mol. The van der Waals surface area contributed by atoms with Gasteiger partial charge in [0.2, 0.25) is 0 Å². The van der Waals surface area contributed by atoms with E-state index in [0.717, 1.165) is 93.9 Å². The van der Waals surface area contributed by atoms with Crippen LogP contribution in [0.15, 0.2) is 219 Å². The second-order valence-corrected chi connectivity index (χ2v) is 16.9. The zero-order valence-electron chi connectivity index (χ0n) is 34.0. The Morgan fingerprint density at radius 3 is 1.97 bits per heavy atom. The Hall–Kier alpha value is -8.06. The Balaban J connectivity index is 0.997. The average molecular weight is 828 g/mol. The van der Waals surface area contributed by atoms with Crippen molar-refractivity contribution in [1.82, 2.24) is 0 Å². The fourth-order valence-corrected chi connectivity index (χ4v) is 10.1. The third-order valence-electron chi connectivity index (χ3n) is 12.0. The third kappa shape index (κ3) is 6.56. The van der Waals surface area contributed by atoms with Crippen molar-refractivity contribution in [3.05, 3.63) is 217 Å². The van der Waals surface area contributed by atoms with Crippen LogP contribution >= 0.6 is 11.3 Å². The molecule has 12 aromatic rings. The Kier molecular flexibility index (Phi) is 8.83. The fraction of sp³-hybridized carbons (Fsp3) is 0.0175. The van der Waals surface area contributed by atoms with Crippen LogP contribution in [0, 0.1) is 0 Å². The van der Waals surface area contributed by atoms with Crippen LogP contribution in [0.3, 0.4) is 0 Å². The van der Waals surface area contributed by atoms with Crippen LogP contribution < -0.4 is 5.73 Å². The number of thiophene rings is 1. The van der Waals surface area contributed by atoms with Gasteiger partial charge in [0.15, 0.2) is 5.84 Å². The van der Waals surface area contributed by atoms with Gasteiger partial charge in [-0.3, -0.25) is 4.99 Å². The quantitative estimate of drug-likeness (QED) is 0.128. The summed E-state index contributed by atoms with van der Waals surface area (Å²) in [6.07, 6.45) is 0. The van der Waals surface area contributed by atoms with E-state index in [4.69, 9.17) is 24.6 Å². The number of nitrogens with two attached hydrogens (primary N) is 1. The molecule has 298 valence electrons. The second-order valence-electron chi connectivity index (χ2n) is 15.9. The number of fused-ring (bicyclic) bond motifs is 9. The molecule has 0 fully saturated rings. The molecule has 6 heteroatoms. The summed E-state index contributed by atoms with van der Waals surface area (Å²) in [6.45, 7) is 0.462. The van der Waals surface area contributed by atoms with Crippen LogP contribution in [0.5, 0.6) is 0 Å². The topological polar surface area (TPSA) is 77.0 Å². The van der Waals surface area contributed by atoms with Crippen molar-refractivity contribution in [3.63, 3.8) is 0 Å². The van der Waals surface area contributed by atoms with Crippen molar-refractivity contribution in [2.45, 2.75) is 6.54 Å². The maximum atomic E-state index is 7.08. The predicted molar refractivity (Wildman–Crippen MR) is 264 cm³/mol. The Morgan fingerprint density at radius 1 is 0.444 bits per heavy atom. The summed E-state index contributed by atoms with van der Waals surface area (Å²) in [5.74, 6) is 0.913. The van der Waals surface area contributed by atoms with Crippen LogP contribution in [-0.2, 0) is 6.54 Å². The SMILES string of the molecule is NC(=NC(=NCc1ccccc1)c1ccc(-c2ccccc2)cc1)c1cccc2oc3ccc(-c4cc(-c5ccc6c(c5)sc5ccccc56)cc5oc6ccccc6c45)cc3c12. The molecule has 63 heavy (non-hydrogen) atoms. The Bertz CT molecular complexity index is 3760. The number of hydrogen-bond donors (Lipinski definition) is 1. The van der Waals surface area contributed by atoms with Crippen LogP contribution in [0.2, 0.25) is 0 Å². The number of hydrogen-bond acceptors (Lipinski definition) is 4. The molecule has 9 aromatic carbocycles. The minimum Gasteiger partial charge on any atom is -0.456 e. The molecule has 0 amide bonds. The molecule has 2 N–H and O–H groups in total. The van der Waals surface area contributed by atoms with E-state index >= 15 is 0 Å². The normalized spacial score (nSPS) is 12.4. The summed E-state index contributed by atoms with van der Waals surface area (Å²) in [7, 11) is 0. The highest BCUT2D eigenvalue weighted by molar-refractivity contribution is 7.25. The van der Waals surface area contributed by atoms with Crippen molar-refractivity contribution in [2.75, 3.05) is 0 Å². The molecule has 0 aliphatic carbocycles. The minimum atomic E-state index is 0.356. The molecular formula is C57H37N3O2S. The zero-order valence-corrected chi connectivity index (χ0v) is 34.8. The van der Waals surface area contributed by atoms with Crippen LogP contribution in [0.1, 0.15) is 16.7 Å². The van der Waals surface area contributed by atoms with E-state index < -0.39 is 0 Å². The maximum Gasteiger partial charge on any atom is 0.157 e. The number of aliphatic imine (C=N–C) groups is 2. The van der Waals surface area contributed by atoms with E-state index in [0.29, 0.717) is 18.2 Å². The lowest BCUT2D eigenvalue weighted by Gasteiger charge is -2.10. The molecule has 0 unspecified atom stereocenters. The fourth-order valence-electron chi connectivity index (χ4n) is 8.92. The highest BCUT2D eigenvalue weighted by atomic mass is 32.1. The molecule has 5 nitrogen and oxygen atoms in total. The molecule has 0 saturated carbocycles. The summed E-state index contributed by atoms with van der Waals surface area (Å²) in [5, 5.41) is 6.55. The highest BCUT2D eigenvalue weighted by Crippen LogP contribution is 2.43. The number of rotatable bonds is 7. The van der Waals surface area contributed by atoms with E-state index in [1.54, 1.807) is 0 Å². The van der Waals surface area contributed by atoms with Gasteiger partial charge in [-0.1, -0.05) is 152 Å². The van der Waals surface area contributed by atoms with Gasteiger partial charge in [-0.05, 0) is 87.5 Å². The molecule has 0 atom stereocenters. The monoisotopic (exact) mass is 827 g/mol. The Labute approximate surface area is 366 Å². The van der Waals surface area contributed by atoms with Gasteiger partial charge in [0, 0.05) is 52.8 Å². The van der Waals surface area contributed by atoms with Crippen LogP contribution in [-0.4, -0.2) is 11.7 Å². The van der Waals surface area contributed by atoms with E-state index in [1.165, 1.54) is 20.2 Å². The predicted octanol–water partition coefficient (Wildman–Crippen LogP) is 15.2. The van der Waals surface area contributed by atoms with Crippen LogP contribution in [0.4, 0.5) is 0 Å². The number of furan rings is 2. The second kappa shape index (κ2) is 15.1. The lowest BCUT2D eigenvalue weighted by Crippen LogP contribution is -2.17. The van der Waals surface area contributed by atoms with Crippen molar-refractivity contribution >= 4 is 87.1 Å². The maximum absolute atomic E-state index is 7.08. The number of amidine groups is 2. The largest absolute Gasteiger partial charge is 0.456 e. The molecule has 0 radical (unpaired) electrons. The average Bonchev–Trinajstić information content (AvgIpc) is 4.04. The Morgan fingerprint density at radius 2 is 1.11 bits per heavy atom. The molecule has 0 saturated heterocycles. The van der Waals surface area contributed by atoms with E-state index in [9.17, 15) is 0 Å². The van der Waals surface area contributed by atoms with Crippen LogP contribution in [0.25, 0.3) is 97.4 Å². The summed E-state index contributed by atoms with van der Waals surface area (Å²) in [5.41, 5.74) is 19.6. The van der Waals surface area contributed by atoms with Gasteiger partial charge >= 0.3 is 0 Å². The van der Waals surface area contributed by atoms with Gasteiger partial charge < -0.3 is 14.6 Å². The van der Waals surface area contributed by atoms with Gasteiger partial charge in [-0.25, -0.2) is 4.99 Å². The molecule has 3 aromatic heterocycles. The van der Waals surface area contributed by atoms with Gasteiger partial charge in [-0.2, -0.15) is 0 Å². The van der Waals surface area contributed by atoms with Gasteiger partial charge in [-0.15, -0.1) is 11.3 Å². The smallest absolute Gasteiger partial charge is 0.157 e. The highest BCUT2D eigenvalue weighted by Gasteiger charge is 2.20. The molecule has 0 aliphatic rings. The first-order chi connectivity index (χ1) is 31.1. The van der Waals surface area contributed by atoms with Gasteiger partial charge in [0.05, 0.1) is 6.54 Å². The molecule has 3 heterocycles. The van der Waals surface area contributed by atoms with Crippen molar-refractivity contribution < 1.29 is 8.83 Å². The first-order valence-electron chi connectivity index (χ1n) is 21.0. The van der Waals surface area contributed by atoms with E-state index in [-0.39, 0.29) is 0 Å². The molecule has 0 bridgehead atoms. The summed E-state index contributed by atoms with van der Waals surface area (Å²) >= 11 is 1.83. The molecule has 12 rings (SSSR count). The van der Waals surface area contributed by atoms with E-state index in [2.05, 4.69) is 146 Å². The third-order valence-corrected chi connectivity index (χ3v) is 13.1. The number of benzene rings is 9. The standard InChI is InChI=1S/C57H37N3O2S/c58-56(60-57(59-34-35-12-3-1-4-13-35)38-24-22-37(23-25-38)36-14-5-2-6-15-36)45-18-11-20-50-55(45)47-30-40(27-29-49(47)61-50)46-31-41(32-51-54(46)44-17-7-9-19-48(44)62-51)39-26-28-43-42-16-8-10-21-52(42)63-53(43)33-39/h1-33H,34H2,(H2,58,59,60). The van der Waals surface area contributed by atoms with Gasteiger partial charge in [0.25, 0.3) is 0 Å². The minimum absolute atomic E-state index is 0.356. The number of nitrogens with zero attached hydrogens (tertiary/aromatic N) is 2. The lowest BCUT2D eigenvalue weighted by molar-refractivity contribution is 0.669. The zero-order chi connectivity index (χ0) is 41.9. The summed E-state index contributed by atoms with van der Waals surface area (Å²) < 4.78 is 15.7. The summed E-state index contributed by atoms with van der Waals surface area (Å²) in [4.78, 5) is 10.1. The van der Waals surface area contributed by atoms with Crippen molar-refractivity contribution in [3.8, 4) is 33.4 Å². The van der Waals surface area contributed by atoms with Crippen molar-refractivity contribution in [2.24, 2.45) is 15.7 Å². The lowest BCUT2D eigenvalue weighted by atomic mass is 9.93. The first kappa shape index (κ1) is 36.8. The van der Waals surface area contributed by atoms with E-state index in [1.807, 2.05) is 65.9 Å². The van der Waals surface area contributed by atoms with Crippen molar-refractivity contribution in [1.29, 1.82) is 0 Å². The number of para-hydroxylation sites is 1. The van der Waals surface area contributed by atoms with Gasteiger partial charge in [0.1, 0.15) is 28.2 Å². The summed E-state index contributed by atoms with van der Waals surface area (Å²) in [6, 6.07) is 69.5. The molecule has 0 spiro atoms.